The molecule has 0 amide bonds. The molecule has 0 aliphatic heterocycles. The zero-order valence-corrected chi connectivity index (χ0v) is 22.5. The van der Waals surface area contributed by atoms with Gasteiger partial charge in [0.2, 0.25) is 11.9 Å². The molecule has 4 aromatic heterocycles. The largest absolute Gasteiger partial charge is 0.507 e. The molecule has 0 saturated heterocycles. The zero-order valence-electron chi connectivity index (χ0n) is 19.4. The third kappa shape index (κ3) is 4.93. The number of benzene rings is 2. The summed E-state index contributed by atoms with van der Waals surface area (Å²) in [7, 11) is 1.65. The minimum absolute atomic E-state index is 0.216. The topological polar surface area (TPSA) is 143 Å². The molecule has 0 aliphatic carbocycles. The molecule has 0 atom stereocenters. The van der Waals surface area contributed by atoms with E-state index in [-0.39, 0.29) is 17.6 Å². The second kappa shape index (κ2) is 10.1. The molecule has 0 saturated carbocycles. The number of aromatic nitrogens is 6. The Morgan fingerprint density at radius 1 is 0.757 bits per heavy atom. The zero-order chi connectivity index (χ0) is 26.1. The molecule has 0 spiro atoms. The lowest BCUT2D eigenvalue weighted by Gasteiger charge is -2.07. The molecule has 0 fully saturated rings. The van der Waals surface area contributed by atoms with Crippen LogP contribution in [0.15, 0.2) is 82.3 Å². The third-order valence-corrected chi connectivity index (χ3v) is 6.43. The van der Waals surface area contributed by atoms with Gasteiger partial charge < -0.3 is 30.4 Å². The fourth-order valence-corrected chi connectivity index (χ4v) is 4.79. The first-order valence-corrected chi connectivity index (χ1v) is 12.4. The molecule has 4 heterocycles. The van der Waals surface area contributed by atoms with Crippen molar-refractivity contribution in [3.05, 3.63) is 82.3 Å². The first-order chi connectivity index (χ1) is 17.8. The van der Waals surface area contributed by atoms with Gasteiger partial charge in [-0.3, -0.25) is 0 Å². The van der Waals surface area contributed by atoms with E-state index in [9.17, 15) is 5.11 Å². The Morgan fingerprint density at radius 3 is 1.81 bits per heavy atom. The maximum absolute atomic E-state index is 9.87. The molecule has 0 bridgehead atoms. The molecule has 10 nitrogen and oxygen atoms in total. The van der Waals surface area contributed by atoms with E-state index >= 15 is 0 Å². The first-order valence-electron chi connectivity index (χ1n) is 10.9. The normalized spacial score (nSPS) is 10.9. The Labute approximate surface area is 227 Å². The summed E-state index contributed by atoms with van der Waals surface area (Å²) < 4.78 is 10.9. The van der Waals surface area contributed by atoms with Crippen molar-refractivity contribution in [1.82, 2.24) is 29.1 Å². The van der Waals surface area contributed by atoms with Crippen LogP contribution in [0.5, 0.6) is 11.5 Å². The molecular weight excluding hydrogens is 604 g/mol. The molecule has 0 unspecified atom stereocenters. The van der Waals surface area contributed by atoms with Crippen molar-refractivity contribution in [2.75, 3.05) is 18.6 Å². The van der Waals surface area contributed by atoms with Crippen molar-refractivity contribution in [3.8, 4) is 23.1 Å². The van der Waals surface area contributed by atoms with Crippen molar-refractivity contribution >= 4 is 65.6 Å². The van der Waals surface area contributed by atoms with Gasteiger partial charge in [0.25, 0.3) is 0 Å². The third-order valence-electron chi connectivity index (χ3n) is 5.52. The van der Waals surface area contributed by atoms with E-state index in [0.717, 1.165) is 42.3 Å². The molecule has 37 heavy (non-hydrogen) atoms. The van der Waals surface area contributed by atoms with E-state index in [1.807, 2.05) is 57.9 Å². The van der Waals surface area contributed by atoms with Crippen molar-refractivity contribution in [2.24, 2.45) is 0 Å². The van der Waals surface area contributed by atoms with Gasteiger partial charge in [0.05, 0.1) is 18.1 Å². The molecule has 12 heteroatoms. The summed E-state index contributed by atoms with van der Waals surface area (Å²) >= 11 is 6.84. The van der Waals surface area contributed by atoms with Crippen LogP contribution in [0.1, 0.15) is 0 Å². The minimum Gasteiger partial charge on any atom is -0.507 e. The molecule has 2 aromatic carbocycles. The highest BCUT2D eigenvalue weighted by molar-refractivity contribution is 9.10. The fraction of sp³-hybridized carbons (Fsp3) is 0.0400. The highest BCUT2D eigenvalue weighted by Gasteiger charge is 2.11. The molecule has 186 valence electrons. The van der Waals surface area contributed by atoms with Gasteiger partial charge in [-0.2, -0.15) is 9.97 Å². The van der Waals surface area contributed by atoms with Gasteiger partial charge in [-0.1, -0.05) is 31.9 Å². The molecule has 0 aliphatic rings. The Hall–Kier alpha value is -4.16. The van der Waals surface area contributed by atoms with E-state index in [4.69, 9.17) is 16.2 Å². The second-order valence-corrected chi connectivity index (χ2v) is 9.65. The fourth-order valence-electron chi connectivity index (χ4n) is 3.93. The van der Waals surface area contributed by atoms with Crippen LogP contribution < -0.4 is 16.2 Å². The van der Waals surface area contributed by atoms with Crippen LogP contribution in [-0.4, -0.2) is 41.3 Å². The number of phenolic OH excluding ortho intramolecular Hbond substituents is 1. The lowest BCUT2D eigenvalue weighted by molar-refractivity contribution is 0.419. The van der Waals surface area contributed by atoms with E-state index in [0.29, 0.717) is 5.82 Å². The Kier molecular flexibility index (Phi) is 6.68. The lowest BCUT2D eigenvalue weighted by Crippen LogP contribution is -2.01. The lowest BCUT2D eigenvalue weighted by atomic mass is 10.2. The van der Waals surface area contributed by atoms with Gasteiger partial charge in [0.15, 0.2) is 0 Å². The highest BCUT2D eigenvalue weighted by Crippen LogP contribution is 2.33. The van der Waals surface area contributed by atoms with Gasteiger partial charge in [0, 0.05) is 44.5 Å². The number of hydrogen-bond acceptors (Lipinski definition) is 8. The van der Waals surface area contributed by atoms with Crippen LogP contribution in [0.3, 0.4) is 0 Å². The predicted octanol–water partition coefficient (Wildman–Crippen LogP) is 5.24. The van der Waals surface area contributed by atoms with Crippen LogP contribution in [0.2, 0.25) is 0 Å². The van der Waals surface area contributed by atoms with E-state index < -0.39 is 0 Å². The molecule has 6 rings (SSSR count). The monoisotopic (exact) mass is 622 g/mol. The number of aromatic hydroxyl groups is 1. The van der Waals surface area contributed by atoms with Crippen LogP contribution in [-0.2, 0) is 0 Å². The smallest absolute Gasteiger partial charge is 0.221 e. The number of methoxy groups -OCH3 is 1. The minimum atomic E-state index is 0.216. The maximum atomic E-state index is 9.87. The number of nitrogens with two attached hydrogens (primary N) is 2. The van der Waals surface area contributed by atoms with Crippen LogP contribution in [0.25, 0.3) is 33.4 Å². The summed E-state index contributed by atoms with van der Waals surface area (Å²) in [5, 5.41) is 11.6. The quantitative estimate of drug-likeness (QED) is 0.243. The summed E-state index contributed by atoms with van der Waals surface area (Å²) in [6.45, 7) is 0. The number of fused-ring (bicyclic) bond motifs is 2. The van der Waals surface area contributed by atoms with E-state index in [2.05, 4.69) is 51.8 Å². The Bertz CT molecular complexity index is 1750. The van der Waals surface area contributed by atoms with Crippen LogP contribution in [0.4, 0.5) is 11.9 Å². The number of hydrogen-bond donors (Lipinski definition) is 3. The van der Waals surface area contributed by atoms with Gasteiger partial charge in [-0.15, -0.1) is 0 Å². The van der Waals surface area contributed by atoms with Crippen LogP contribution in [0, 0.1) is 0 Å². The number of phenols is 1. The first kappa shape index (κ1) is 24.5. The van der Waals surface area contributed by atoms with Crippen molar-refractivity contribution < 1.29 is 9.84 Å². The maximum Gasteiger partial charge on any atom is 0.221 e. The summed E-state index contributed by atoms with van der Waals surface area (Å²) in [6, 6.07) is 14.9. The summed E-state index contributed by atoms with van der Waals surface area (Å²) in [4.78, 5) is 16.1. The van der Waals surface area contributed by atoms with Gasteiger partial charge in [-0.05, 0) is 48.5 Å². The number of nitrogen functional groups attached to an aromatic ring is 2. The number of ether oxygens (including phenoxy) is 1. The van der Waals surface area contributed by atoms with Crippen molar-refractivity contribution in [2.45, 2.75) is 0 Å². The molecule has 0 radical (unpaired) electrons. The predicted molar refractivity (Wildman–Crippen MR) is 150 cm³/mol. The van der Waals surface area contributed by atoms with Gasteiger partial charge in [-0.25, -0.2) is 9.97 Å². The molecule has 5 N–H and O–H groups in total. The summed E-state index contributed by atoms with van der Waals surface area (Å²) in [5.74, 6) is 2.89. The molecule has 6 aromatic rings. The highest BCUT2D eigenvalue weighted by atomic mass is 79.9. The van der Waals surface area contributed by atoms with E-state index in [1.54, 1.807) is 31.6 Å². The van der Waals surface area contributed by atoms with Gasteiger partial charge >= 0.3 is 0 Å². The van der Waals surface area contributed by atoms with Crippen molar-refractivity contribution in [3.63, 3.8) is 0 Å². The summed E-state index contributed by atoms with van der Waals surface area (Å²) in [5.41, 5.74) is 13.0. The Morgan fingerprint density at radius 2 is 1.27 bits per heavy atom. The average molecular weight is 624 g/mol. The Balaban J connectivity index is 0.000000152. The van der Waals surface area contributed by atoms with E-state index in [1.165, 1.54) is 0 Å². The second-order valence-electron chi connectivity index (χ2n) is 7.82. The SMILES string of the molecule is COc1cc(Br)cc2c1ccn2-c1ccnc(N)n1.Nc1nccc(-n2ccc3c(O)cc(Br)cc32)n1. The van der Waals surface area contributed by atoms with Crippen LogP contribution >= 0.6 is 31.9 Å². The number of anilines is 2. The van der Waals surface area contributed by atoms with Gasteiger partial charge in [0.1, 0.15) is 23.1 Å². The average Bonchev–Trinajstić information content (AvgIpc) is 3.48. The number of nitrogens with zero attached hydrogens (tertiary/aromatic N) is 6. The standard InChI is InChI=1S/C13H11BrN4O.C12H9BrN4O/c1-19-11-7-8(14)6-10-9(11)3-5-18(10)12-2-4-16-13(15)17-12;13-7-5-9-8(10(18)6-7)2-4-17(9)11-1-3-15-12(14)16-11/h2-7H,1H3,(H2,15,16,17);1-6,18H,(H2,14,15,16). The van der Waals surface area contributed by atoms with Crippen molar-refractivity contribution in [1.29, 1.82) is 0 Å². The summed E-state index contributed by atoms with van der Waals surface area (Å²) in [6.07, 6.45) is 7.00. The number of halogens is 2. The molecular formula is C25H20Br2N8O2. The number of rotatable bonds is 3.